The number of hydrazone groups is 1. The van der Waals surface area contributed by atoms with Crippen LogP contribution in [0, 0.1) is 12.7 Å². The van der Waals surface area contributed by atoms with Gasteiger partial charge in [0.2, 0.25) is 5.13 Å². The lowest BCUT2D eigenvalue weighted by Crippen LogP contribution is -1.92. The quantitative estimate of drug-likeness (QED) is 0.650. The van der Waals surface area contributed by atoms with E-state index in [-0.39, 0.29) is 5.82 Å². The third-order valence-electron chi connectivity index (χ3n) is 2.08. The first-order valence-corrected chi connectivity index (χ1v) is 5.79. The van der Waals surface area contributed by atoms with Crippen LogP contribution in [0.1, 0.15) is 11.1 Å². The predicted molar refractivity (Wildman–Crippen MR) is 68.9 cm³/mol. The second-order valence-corrected chi connectivity index (χ2v) is 4.31. The zero-order valence-corrected chi connectivity index (χ0v) is 9.96. The zero-order valence-electron chi connectivity index (χ0n) is 9.14. The first-order valence-electron chi connectivity index (χ1n) is 4.91. The number of anilines is 2. The van der Waals surface area contributed by atoms with Crippen LogP contribution < -0.4 is 11.2 Å². The maximum absolute atomic E-state index is 13.0. The normalized spacial score (nSPS) is 10.9. The minimum absolute atomic E-state index is 0.220. The third-order valence-corrected chi connectivity index (χ3v) is 2.84. The number of halogens is 1. The summed E-state index contributed by atoms with van der Waals surface area (Å²) in [5, 5.41) is 6.34. The van der Waals surface area contributed by atoms with Crippen molar-refractivity contribution < 1.29 is 4.39 Å². The molecule has 1 aromatic carbocycles. The van der Waals surface area contributed by atoms with Gasteiger partial charge in [0.15, 0.2) is 0 Å². The Morgan fingerprint density at radius 3 is 3.00 bits per heavy atom. The van der Waals surface area contributed by atoms with Gasteiger partial charge in [0.25, 0.3) is 0 Å². The molecule has 0 radical (unpaired) electrons. The van der Waals surface area contributed by atoms with E-state index < -0.39 is 0 Å². The first kappa shape index (κ1) is 11.5. The van der Waals surface area contributed by atoms with E-state index in [9.17, 15) is 4.39 Å². The van der Waals surface area contributed by atoms with Gasteiger partial charge in [-0.2, -0.15) is 5.10 Å². The highest BCUT2D eigenvalue weighted by atomic mass is 32.1. The molecule has 0 spiro atoms. The van der Waals surface area contributed by atoms with Gasteiger partial charge in [-0.15, -0.1) is 11.3 Å². The largest absolute Gasteiger partial charge is 0.383 e. The highest BCUT2D eigenvalue weighted by Crippen LogP contribution is 2.16. The van der Waals surface area contributed by atoms with Crippen LogP contribution in [0.4, 0.5) is 15.3 Å². The van der Waals surface area contributed by atoms with E-state index in [4.69, 9.17) is 5.73 Å². The van der Waals surface area contributed by atoms with Gasteiger partial charge in [0.05, 0.1) is 6.21 Å². The smallest absolute Gasteiger partial charge is 0.205 e. The van der Waals surface area contributed by atoms with Crippen LogP contribution in [0.5, 0.6) is 0 Å². The molecule has 0 atom stereocenters. The van der Waals surface area contributed by atoms with Crippen molar-refractivity contribution >= 4 is 28.5 Å². The summed E-state index contributed by atoms with van der Waals surface area (Å²) < 4.78 is 13.0. The van der Waals surface area contributed by atoms with Crippen molar-refractivity contribution in [1.82, 2.24) is 4.98 Å². The van der Waals surface area contributed by atoms with Crippen LogP contribution in [0.25, 0.3) is 0 Å². The fourth-order valence-corrected chi connectivity index (χ4v) is 1.80. The number of hydrogen-bond donors (Lipinski definition) is 2. The molecule has 0 bridgehead atoms. The lowest BCUT2D eigenvalue weighted by Gasteiger charge is -1.97. The summed E-state index contributed by atoms with van der Waals surface area (Å²) in [6, 6.07) is 4.79. The lowest BCUT2D eigenvalue weighted by molar-refractivity contribution is 0.618. The number of nitrogens with zero attached hydrogens (tertiary/aromatic N) is 2. The van der Waals surface area contributed by atoms with Gasteiger partial charge in [0, 0.05) is 5.38 Å². The molecular weight excluding hydrogens is 239 g/mol. The Labute approximate surface area is 102 Å². The molecule has 4 nitrogen and oxygen atoms in total. The molecule has 88 valence electrons. The molecule has 1 heterocycles. The predicted octanol–water partition coefficient (Wildman–Crippen LogP) is 2.62. The number of thiazole rings is 1. The van der Waals surface area contributed by atoms with Crippen LogP contribution in [0.2, 0.25) is 0 Å². The van der Waals surface area contributed by atoms with Crippen molar-refractivity contribution in [2.24, 2.45) is 5.10 Å². The Balaban J connectivity index is 2.03. The highest BCUT2D eigenvalue weighted by Gasteiger charge is 1.97. The molecule has 17 heavy (non-hydrogen) atoms. The molecule has 0 aliphatic rings. The number of aryl methyl sites for hydroxylation is 1. The van der Waals surface area contributed by atoms with Crippen LogP contribution in [0.15, 0.2) is 28.7 Å². The summed E-state index contributed by atoms with van der Waals surface area (Å²) in [5.74, 6) is 0.244. The number of nitrogen functional groups attached to an aromatic ring is 1. The lowest BCUT2D eigenvalue weighted by atomic mass is 10.1. The SMILES string of the molecule is Cc1cc(C=NNc2nc(N)cs2)ccc1F. The number of nitrogens with two attached hydrogens (primary N) is 1. The Kier molecular flexibility index (Phi) is 3.34. The van der Waals surface area contributed by atoms with Gasteiger partial charge < -0.3 is 5.73 Å². The average Bonchev–Trinajstić information content (AvgIpc) is 2.70. The summed E-state index contributed by atoms with van der Waals surface area (Å²) in [5.41, 5.74) is 9.63. The monoisotopic (exact) mass is 250 g/mol. The fourth-order valence-electron chi connectivity index (χ4n) is 1.25. The Hall–Kier alpha value is -1.95. The molecular formula is C11H11FN4S. The van der Waals surface area contributed by atoms with Crippen LogP contribution in [-0.4, -0.2) is 11.2 Å². The first-order chi connectivity index (χ1) is 8.15. The molecule has 0 unspecified atom stereocenters. The average molecular weight is 250 g/mol. The number of aromatic nitrogens is 1. The van der Waals surface area contributed by atoms with Crippen molar-refractivity contribution in [1.29, 1.82) is 0 Å². The molecule has 1 aromatic heterocycles. The topological polar surface area (TPSA) is 63.3 Å². The fraction of sp³-hybridized carbons (Fsp3) is 0.0909. The third kappa shape index (κ3) is 3.01. The van der Waals surface area contributed by atoms with Crippen LogP contribution in [0.3, 0.4) is 0 Å². The minimum Gasteiger partial charge on any atom is -0.383 e. The van der Waals surface area contributed by atoms with Gasteiger partial charge in [-0.3, -0.25) is 5.43 Å². The van der Waals surface area contributed by atoms with Crippen molar-refractivity contribution in [2.75, 3.05) is 11.2 Å². The summed E-state index contributed by atoms with van der Waals surface area (Å²) in [7, 11) is 0. The van der Waals surface area contributed by atoms with Gasteiger partial charge in [-0.05, 0) is 30.2 Å². The van der Waals surface area contributed by atoms with E-state index in [2.05, 4.69) is 15.5 Å². The second kappa shape index (κ2) is 4.92. The minimum atomic E-state index is -0.220. The number of benzene rings is 1. The maximum atomic E-state index is 13.0. The molecule has 0 aliphatic heterocycles. The summed E-state index contributed by atoms with van der Waals surface area (Å²) >= 11 is 1.37. The molecule has 2 rings (SSSR count). The molecule has 0 aliphatic carbocycles. The molecule has 6 heteroatoms. The van der Waals surface area contributed by atoms with Crippen molar-refractivity contribution in [2.45, 2.75) is 6.92 Å². The van der Waals surface area contributed by atoms with Gasteiger partial charge >= 0.3 is 0 Å². The van der Waals surface area contributed by atoms with E-state index in [1.54, 1.807) is 30.7 Å². The van der Waals surface area contributed by atoms with E-state index in [1.807, 2.05) is 0 Å². The van der Waals surface area contributed by atoms with Gasteiger partial charge in [0.1, 0.15) is 11.6 Å². The summed E-state index contributed by atoms with van der Waals surface area (Å²) in [6.07, 6.45) is 1.60. The molecule has 2 aromatic rings. The Morgan fingerprint density at radius 1 is 1.53 bits per heavy atom. The van der Waals surface area contributed by atoms with Gasteiger partial charge in [-0.1, -0.05) is 6.07 Å². The zero-order chi connectivity index (χ0) is 12.3. The van der Waals surface area contributed by atoms with Crippen molar-refractivity contribution in [3.05, 3.63) is 40.5 Å². The molecule has 0 saturated carbocycles. The molecule has 0 saturated heterocycles. The summed E-state index contributed by atoms with van der Waals surface area (Å²) in [4.78, 5) is 3.98. The van der Waals surface area contributed by atoms with Gasteiger partial charge in [-0.25, -0.2) is 9.37 Å². The molecule has 0 fully saturated rings. The Bertz CT molecular complexity index is 550. The van der Waals surface area contributed by atoms with E-state index in [1.165, 1.54) is 17.4 Å². The second-order valence-electron chi connectivity index (χ2n) is 3.46. The van der Waals surface area contributed by atoms with Crippen LogP contribution >= 0.6 is 11.3 Å². The maximum Gasteiger partial charge on any atom is 0.205 e. The van der Waals surface area contributed by atoms with E-state index >= 15 is 0 Å². The van der Waals surface area contributed by atoms with E-state index in [0.29, 0.717) is 16.5 Å². The van der Waals surface area contributed by atoms with Crippen LogP contribution in [-0.2, 0) is 0 Å². The standard InChI is InChI=1S/C11H11FN4S/c1-7-4-8(2-3-9(7)12)5-14-16-11-15-10(13)6-17-11/h2-6H,13H2,1H3,(H,15,16). The molecule has 0 amide bonds. The number of rotatable bonds is 3. The Morgan fingerprint density at radius 2 is 2.35 bits per heavy atom. The van der Waals surface area contributed by atoms with E-state index in [0.717, 1.165) is 5.56 Å². The highest BCUT2D eigenvalue weighted by molar-refractivity contribution is 7.14. The van der Waals surface area contributed by atoms with Crippen molar-refractivity contribution in [3.8, 4) is 0 Å². The van der Waals surface area contributed by atoms with Crippen molar-refractivity contribution in [3.63, 3.8) is 0 Å². The molecule has 3 N–H and O–H groups in total. The summed E-state index contributed by atoms with van der Waals surface area (Å²) in [6.45, 7) is 1.71. The number of nitrogens with one attached hydrogen (secondary N) is 1. The number of hydrogen-bond acceptors (Lipinski definition) is 5.